The number of carbonyl (C=O) groups is 1. The van der Waals surface area contributed by atoms with Crippen LogP contribution in [0.2, 0.25) is 0 Å². The Kier molecular flexibility index (Phi) is 12.6. The number of carbonyl (C=O) groups excluding carboxylic acids is 1. The number of rotatable bonds is 5. The van der Waals surface area contributed by atoms with Crippen molar-refractivity contribution in [1.29, 1.82) is 0 Å². The number of ether oxygens (including phenoxy) is 1. The van der Waals surface area contributed by atoms with Crippen LogP contribution in [-0.2, 0) is 9.53 Å². The monoisotopic (exact) mass is 224 g/mol. The maximum absolute atomic E-state index is 9.82. The van der Waals surface area contributed by atoms with Crippen molar-refractivity contribution in [1.82, 2.24) is 0 Å². The van der Waals surface area contributed by atoms with Crippen molar-refractivity contribution in [3.63, 3.8) is 0 Å². The van der Waals surface area contributed by atoms with E-state index in [0.29, 0.717) is 6.61 Å². The zero-order chi connectivity index (χ0) is 13.0. The van der Waals surface area contributed by atoms with Gasteiger partial charge in [0.05, 0.1) is 6.61 Å². The summed E-state index contributed by atoms with van der Waals surface area (Å²) in [5.74, 6) is -0.211. The Morgan fingerprint density at radius 3 is 2.12 bits per heavy atom. The topological polar surface area (TPSA) is 26.3 Å². The van der Waals surface area contributed by atoms with Gasteiger partial charge < -0.3 is 4.74 Å². The molecule has 16 heavy (non-hydrogen) atoms. The zero-order valence-electron chi connectivity index (χ0n) is 11.0. The van der Waals surface area contributed by atoms with Crippen molar-refractivity contribution in [2.45, 2.75) is 40.5 Å². The van der Waals surface area contributed by atoms with Gasteiger partial charge in [-0.3, -0.25) is 4.79 Å². The van der Waals surface area contributed by atoms with Crippen LogP contribution in [0.1, 0.15) is 40.5 Å². The van der Waals surface area contributed by atoms with Crippen molar-refractivity contribution in [2.75, 3.05) is 6.61 Å². The summed E-state index contributed by atoms with van der Waals surface area (Å²) in [5.41, 5.74) is 2.49. The Morgan fingerprint density at radius 2 is 1.88 bits per heavy atom. The molecule has 0 N–H and O–H groups in total. The van der Waals surface area contributed by atoms with Crippen LogP contribution in [0.4, 0.5) is 0 Å². The van der Waals surface area contributed by atoms with Crippen molar-refractivity contribution < 1.29 is 9.53 Å². The van der Waals surface area contributed by atoms with Crippen LogP contribution >= 0.6 is 0 Å². The highest BCUT2D eigenvalue weighted by atomic mass is 16.5. The molecule has 0 bridgehead atoms. The zero-order valence-corrected chi connectivity index (χ0v) is 11.0. The average Bonchev–Trinajstić information content (AvgIpc) is 2.17. The van der Waals surface area contributed by atoms with E-state index in [2.05, 4.69) is 37.8 Å². The van der Waals surface area contributed by atoms with E-state index in [1.807, 2.05) is 6.08 Å². The first kappa shape index (κ1) is 17.1. The third-order valence-electron chi connectivity index (χ3n) is 1.65. The molecule has 0 spiro atoms. The molecule has 2 heteroatoms. The average molecular weight is 224 g/mol. The number of allylic oxidation sites excluding steroid dienone is 4. The van der Waals surface area contributed by atoms with Gasteiger partial charge in [-0.15, -0.1) is 0 Å². The van der Waals surface area contributed by atoms with Gasteiger partial charge in [0, 0.05) is 6.92 Å². The lowest BCUT2D eigenvalue weighted by atomic mass is 10.1. The van der Waals surface area contributed by atoms with Crippen LogP contribution < -0.4 is 0 Å². The van der Waals surface area contributed by atoms with E-state index in [4.69, 9.17) is 0 Å². The molecule has 0 aliphatic heterocycles. The minimum Gasteiger partial charge on any atom is -0.466 e. The smallest absolute Gasteiger partial charge is 0.302 e. The predicted molar refractivity (Wildman–Crippen MR) is 70.3 cm³/mol. The van der Waals surface area contributed by atoms with Gasteiger partial charge in [-0.25, -0.2) is 0 Å². The van der Waals surface area contributed by atoms with E-state index in [0.717, 1.165) is 18.4 Å². The lowest BCUT2D eigenvalue weighted by Crippen LogP contribution is -1.95. The second kappa shape index (κ2) is 11.8. The van der Waals surface area contributed by atoms with E-state index in [1.165, 1.54) is 12.5 Å². The summed E-state index contributed by atoms with van der Waals surface area (Å²) < 4.78 is 4.40. The summed E-state index contributed by atoms with van der Waals surface area (Å²) in [6, 6.07) is 0. The third-order valence-corrected chi connectivity index (χ3v) is 1.65. The fourth-order valence-corrected chi connectivity index (χ4v) is 0.852. The van der Waals surface area contributed by atoms with Crippen molar-refractivity contribution in [3.05, 3.63) is 36.5 Å². The van der Waals surface area contributed by atoms with E-state index in [-0.39, 0.29) is 5.97 Å². The molecule has 0 atom stereocenters. The highest BCUT2D eigenvalue weighted by Crippen LogP contribution is 2.04. The second-order valence-corrected chi connectivity index (χ2v) is 3.61. The molecule has 0 aliphatic carbocycles. The lowest BCUT2D eigenvalue weighted by Gasteiger charge is -1.94. The molecular weight excluding hydrogens is 200 g/mol. The molecule has 0 saturated heterocycles. The SMILES string of the molecule is C=CC(=C)CCC=C(C)C.CCOC(C)=O. The van der Waals surface area contributed by atoms with Crippen molar-refractivity contribution >= 4 is 5.97 Å². The fourth-order valence-electron chi connectivity index (χ4n) is 0.852. The minimum atomic E-state index is -0.211. The predicted octanol–water partition coefficient (Wildman–Crippen LogP) is 4.04. The van der Waals surface area contributed by atoms with Crippen molar-refractivity contribution in [3.8, 4) is 0 Å². The molecule has 92 valence electrons. The molecule has 0 fully saturated rings. The number of hydrogen-bond donors (Lipinski definition) is 0. The van der Waals surface area contributed by atoms with E-state index >= 15 is 0 Å². The standard InChI is InChI=1S/C10H16.C4H8O2/c1-5-10(4)8-6-7-9(2)3;1-3-6-4(2)5/h5,7H,1,4,6,8H2,2-3H3;3H2,1-2H3. The van der Waals surface area contributed by atoms with Crippen LogP contribution in [0.5, 0.6) is 0 Å². The van der Waals surface area contributed by atoms with E-state index in [9.17, 15) is 4.79 Å². The van der Waals surface area contributed by atoms with Gasteiger partial charge in [-0.2, -0.15) is 0 Å². The van der Waals surface area contributed by atoms with Gasteiger partial charge in [0.2, 0.25) is 0 Å². The maximum atomic E-state index is 9.82. The van der Waals surface area contributed by atoms with E-state index < -0.39 is 0 Å². The van der Waals surface area contributed by atoms with Crippen LogP contribution in [0.25, 0.3) is 0 Å². The molecule has 0 aromatic heterocycles. The summed E-state index contributed by atoms with van der Waals surface area (Å²) in [6.45, 7) is 15.3. The lowest BCUT2D eigenvalue weighted by molar-refractivity contribution is -0.140. The fraction of sp³-hybridized carbons (Fsp3) is 0.500. The van der Waals surface area contributed by atoms with Crippen LogP contribution in [0, 0.1) is 0 Å². The number of esters is 1. The molecule has 0 amide bonds. The van der Waals surface area contributed by atoms with Crippen LogP contribution in [-0.4, -0.2) is 12.6 Å². The van der Waals surface area contributed by atoms with Gasteiger partial charge in [0.25, 0.3) is 0 Å². The van der Waals surface area contributed by atoms with Crippen molar-refractivity contribution in [2.24, 2.45) is 0 Å². The summed E-state index contributed by atoms with van der Waals surface area (Å²) in [7, 11) is 0. The normalized spacial score (nSPS) is 8.25. The maximum Gasteiger partial charge on any atom is 0.302 e. The summed E-state index contributed by atoms with van der Waals surface area (Å²) >= 11 is 0. The van der Waals surface area contributed by atoms with Gasteiger partial charge in [0.1, 0.15) is 0 Å². The third kappa shape index (κ3) is 18.5. The molecule has 0 aliphatic rings. The summed E-state index contributed by atoms with van der Waals surface area (Å²) in [4.78, 5) is 9.82. The summed E-state index contributed by atoms with van der Waals surface area (Å²) in [5, 5.41) is 0. The summed E-state index contributed by atoms with van der Waals surface area (Å²) in [6.07, 6.45) is 6.16. The first-order valence-corrected chi connectivity index (χ1v) is 5.50. The van der Waals surface area contributed by atoms with Gasteiger partial charge in [0.15, 0.2) is 0 Å². The quantitative estimate of drug-likeness (QED) is 0.400. The van der Waals surface area contributed by atoms with Crippen LogP contribution in [0.15, 0.2) is 36.5 Å². The molecular formula is C14H24O2. The Morgan fingerprint density at radius 1 is 1.31 bits per heavy atom. The first-order valence-electron chi connectivity index (χ1n) is 5.50. The molecule has 0 aromatic rings. The second-order valence-electron chi connectivity index (χ2n) is 3.61. The van der Waals surface area contributed by atoms with Crippen LogP contribution in [0.3, 0.4) is 0 Å². The van der Waals surface area contributed by atoms with Gasteiger partial charge in [-0.05, 0) is 33.6 Å². The largest absolute Gasteiger partial charge is 0.466 e. The Labute approximate surface area is 99.7 Å². The minimum absolute atomic E-state index is 0.211. The van der Waals surface area contributed by atoms with E-state index in [1.54, 1.807) is 6.92 Å². The molecule has 2 nitrogen and oxygen atoms in total. The van der Waals surface area contributed by atoms with Gasteiger partial charge in [-0.1, -0.05) is 36.5 Å². The Hall–Kier alpha value is -1.31. The molecule has 0 heterocycles. The molecule has 0 saturated carbocycles. The Balaban J connectivity index is 0. The molecule has 0 unspecified atom stereocenters. The van der Waals surface area contributed by atoms with Gasteiger partial charge >= 0.3 is 5.97 Å². The molecule has 0 rings (SSSR count). The highest BCUT2D eigenvalue weighted by Gasteiger charge is 1.84. The highest BCUT2D eigenvalue weighted by molar-refractivity contribution is 5.65. The Bertz CT molecular complexity index is 245. The molecule has 0 radical (unpaired) electrons. The number of hydrogen-bond acceptors (Lipinski definition) is 2. The first-order chi connectivity index (χ1) is 7.43. The molecule has 0 aromatic carbocycles.